The molecule has 2 atom stereocenters. The van der Waals surface area contributed by atoms with Gasteiger partial charge in [-0.1, -0.05) is 72.3 Å². The summed E-state index contributed by atoms with van der Waals surface area (Å²) in [5, 5.41) is 3.59. The van der Waals surface area contributed by atoms with E-state index in [2.05, 4.69) is 17.9 Å². The second kappa shape index (κ2) is 9.35. The van der Waals surface area contributed by atoms with Gasteiger partial charge in [-0.2, -0.15) is 12.6 Å². The van der Waals surface area contributed by atoms with Crippen molar-refractivity contribution in [1.82, 2.24) is 0 Å². The van der Waals surface area contributed by atoms with Gasteiger partial charge in [-0.3, -0.25) is 4.79 Å². The number of rotatable bonds is 7. The van der Waals surface area contributed by atoms with Crippen LogP contribution in [-0.2, 0) is 15.1 Å². The van der Waals surface area contributed by atoms with Gasteiger partial charge in [0.05, 0.1) is 0 Å². The van der Waals surface area contributed by atoms with Gasteiger partial charge in [-0.15, -0.1) is 0 Å². The lowest BCUT2D eigenvalue weighted by molar-refractivity contribution is -0.154. The SMILES string of the molecule is CNc1ccc(C(OC(=O)C(N)CS)(c2ccccc2)c2ccccc2Cl)cc1. The molecule has 0 aromatic heterocycles. The number of halogens is 1. The highest BCUT2D eigenvalue weighted by Crippen LogP contribution is 2.43. The number of nitrogens with one attached hydrogen (secondary N) is 1. The third-order valence-electron chi connectivity index (χ3n) is 4.77. The maximum atomic E-state index is 12.9. The smallest absolute Gasteiger partial charge is 0.325 e. The van der Waals surface area contributed by atoms with E-state index >= 15 is 0 Å². The first-order valence-electron chi connectivity index (χ1n) is 9.21. The standard InChI is InChI=1S/C23H23ClN2O2S/c1-26-18-13-11-17(12-14-18)23(16-7-3-2-4-8-16,28-22(27)21(25)15-29)19-9-5-6-10-20(19)24/h2-14,21,26,29H,15,25H2,1H3. The van der Waals surface area contributed by atoms with Gasteiger partial charge in [-0.05, 0) is 18.2 Å². The molecule has 3 aromatic carbocycles. The molecule has 3 N–H and O–H groups in total. The minimum Gasteiger partial charge on any atom is -0.443 e. The molecule has 0 aliphatic heterocycles. The number of hydrogen-bond donors (Lipinski definition) is 3. The molecular formula is C23H23ClN2O2S. The Morgan fingerprint density at radius 3 is 2.21 bits per heavy atom. The summed E-state index contributed by atoms with van der Waals surface area (Å²) >= 11 is 10.8. The fourth-order valence-corrected chi connectivity index (χ4v) is 3.66. The number of esters is 1. The fraction of sp³-hybridized carbons (Fsp3) is 0.174. The maximum absolute atomic E-state index is 12.9. The topological polar surface area (TPSA) is 64.3 Å². The van der Waals surface area contributed by atoms with E-state index in [0.717, 1.165) is 16.8 Å². The van der Waals surface area contributed by atoms with Gasteiger partial charge in [0.1, 0.15) is 6.04 Å². The molecule has 6 heteroatoms. The van der Waals surface area contributed by atoms with Gasteiger partial charge < -0.3 is 15.8 Å². The van der Waals surface area contributed by atoms with Crippen LogP contribution in [0, 0.1) is 0 Å². The second-order valence-corrected chi connectivity index (χ2v) is 7.34. The number of anilines is 1. The van der Waals surface area contributed by atoms with Gasteiger partial charge in [0, 0.05) is 40.2 Å². The van der Waals surface area contributed by atoms with Crippen LogP contribution in [0.1, 0.15) is 16.7 Å². The van der Waals surface area contributed by atoms with Crippen molar-refractivity contribution in [2.24, 2.45) is 5.73 Å². The van der Waals surface area contributed by atoms with Crippen LogP contribution < -0.4 is 11.1 Å². The Labute approximate surface area is 181 Å². The van der Waals surface area contributed by atoms with Crippen molar-refractivity contribution < 1.29 is 9.53 Å². The van der Waals surface area contributed by atoms with E-state index in [1.807, 2.05) is 79.8 Å². The number of nitrogens with two attached hydrogens (primary N) is 1. The molecule has 3 rings (SSSR count). The van der Waals surface area contributed by atoms with Gasteiger partial charge in [-0.25, -0.2) is 0 Å². The highest BCUT2D eigenvalue weighted by Gasteiger charge is 2.42. The lowest BCUT2D eigenvalue weighted by Crippen LogP contribution is -2.42. The Balaban J connectivity index is 2.32. The number of ether oxygens (including phenoxy) is 1. The molecule has 0 spiro atoms. The Morgan fingerprint density at radius 2 is 1.62 bits per heavy atom. The Morgan fingerprint density at radius 1 is 1.03 bits per heavy atom. The van der Waals surface area contributed by atoms with Crippen LogP contribution in [0.3, 0.4) is 0 Å². The molecule has 0 heterocycles. The van der Waals surface area contributed by atoms with Crippen LogP contribution in [0.4, 0.5) is 5.69 Å². The van der Waals surface area contributed by atoms with Gasteiger partial charge in [0.2, 0.25) is 0 Å². The highest BCUT2D eigenvalue weighted by atomic mass is 35.5. The quantitative estimate of drug-likeness (QED) is 0.296. The summed E-state index contributed by atoms with van der Waals surface area (Å²) < 4.78 is 6.19. The van der Waals surface area contributed by atoms with Crippen molar-refractivity contribution in [1.29, 1.82) is 0 Å². The zero-order chi connectivity index (χ0) is 20.9. The van der Waals surface area contributed by atoms with Crippen LogP contribution in [0.15, 0.2) is 78.9 Å². The normalized spacial score (nSPS) is 13.9. The first kappa shape index (κ1) is 21.2. The van der Waals surface area contributed by atoms with Gasteiger partial charge >= 0.3 is 5.97 Å². The van der Waals surface area contributed by atoms with Crippen molar-refractivity contribution >= 4 is 35.9 Å². The largest absolute Gasteiger partial charge is 0.443 e. The van der Waals surface area contributed by atoms with Crippen molar-refractivity contribution in [2.45, 2.75) is 11.6 Å². The lowest BCUT2D eigenvalue weighted by Gasteiger charge is -2.36. The molecule has 0 amide bonds. The first-order valence-corrected chi connectivity index (χ1v) is 10.2. The molecule has 0 aliphatic rings. The van der Waals surface area contributed by atoms with E-state index in [-0.39, 0.29) is 5.75 Å². The second-order valence-electron chi connectivity index (χ2n) is 6.56. The Bertz CT molecular complexity index is 966. The fourth-order valence-electron chi connectivity index (χ4n) is 3.24. The van der Waals surface area contributed by atoms with Crippen molar-refractivity contribution in [3.05, 3.63) is 101 Å². The summed E-state index contributed by atoms with van der Waals surface area (Å²) in [7, 11) is 1.85. The molecule has 0 bridgehead atoms. The predicted octanol–water partition coefficient (Wildman–Crippen LogP) is 4.47. The molecule has 29 heavy (non-hydrogen) atoms. The molecular weight excluding hydrogens is 404 g/mol. The van der Waals surface area contributed by atoms with E-state index < -0.39 is 17.6 Å². The molecule has 150 valence electrons. The van der Waals surface area contributed by atoms with Crippen molar-refractivity contribution in [3.8, 4) is 0 Å². The molecule has 0 fully saturated rings. The van der Waals surface area contributed by atoms with E-state index in [1.54, 1.807) is 6.07 Å². The number of benzene rings is 3. The average molecular weight is 427 g/mol. The number of carbonyl (C=O) groups is 1. The number of carbonyl (C=O) groups excluding carboxylic acids is 1. The number of thiol groups is 1. The van der Waals surface area contributed by atoms with E-state index in [0.29, 0.717) is 10.6 Å². The van der Waals surface area contributed by atoms with Crippen LogP contribution in [-0.4, -0.2) is 24.8 Å². The highest BCUT2D eigenvalue weighted by molar-refractivity contribution is 7.80. The lowest BCUT2D eigenvalue weighted by atomic mass is 9.79. The molecule has 0 aliphatic carbocycles. The molecule has 0 saturated heterocycles. The number of hydrogen-bond acceptors (Lipinski definition) is 5. The minimum atomic E-state index is -1.26. The summed E-state index contributed by atoms with van der Waals surface area (Å²) in [6.45, 7) is 0. The third-order valence-corrected chi connectivity index (χ3v) is 5.49. The van der Waals surface area contributed by atoms with Crippen molar-refractivity contribution in [2.75, 3.05) is 18.1 Å². The summed E-state index contributed by atoms with van der Waals surface area (Å²) in [6.07, 6.45) is 0. The van der Waals surface area contributed by atoms with Crippen LogP contribution >= 0.6 is 24.2 Å². The maximum Gasteiger partial charge on any atom is 0.325 e. The van der Waals surface area contributed by atoms with Crippen LogP contribution in [0.25, 0.3) is 0 Å². The average Bonchev–Trinajstić information content (AvgIpc) is 2.78. The zero-order valence-electron chi connectivity index (χ0n) is 16.0. The summed E-state index contributed by atoms with van der Waals surface area (Å²) in [4.78, 5) is 12.9. The molecule has 4 nitrogen and oxygen atoms in total. The molecule has 0 radical (unpaired) electrons. The Kier molecular flexibility index (Phi) is 6.85. The Hall–Kier alpha value is -2.47. The van der Waals surface area contributed by atoms with E-state index in [9.17, 15) is 4.79 Å². The first-order chi connectivity index (χ1) is 14.0. The molecule has 2 unspecified atom stereocenters. The summed E-state index contributed by atoms with van der Waals surface area (Å²) in [5.74, 6) is -0.383. The monoisotopic (exact) mass is 426 g/mol. The van der Waals surface area contributed by atoms with Crippen LogP contribution in [0.2, 0.25) is 5.02 Å². The summed E-state index contributed by atoms with van der Waals surface area (Å²) in [5.41, 5.74) is 7.81. The predicted molar refractivity (Wildman–Crippen MR) is 122 cm³/mol. The molecule has 3 aromatic rings. The van der Waals surface area contributed by atoms with E-state index in [4.69, 9.17) is 22.1 Å². The summed E-state index contributed by atoms with van der Waals surface area (Å²) in [6, 6.07) is 23.7. The minimum absolute atomic E-state index is 0.172. The molecule has 0 saturated carbocycles. The van der Waals surface area contributed by atoms with Gasteiger partial charge in [0.25, 0.3) is 0 Å². The van der Waals surface area contributed by atoms with Gasteiger partial charge in [0.15, 0.2) is 5.60 Å². The van der Waals surface area contributed by atoms with Crippen LogP contribution in [0.5, 0.6) is 0 Å². The zero-order valence-corrected chi connectivity index (χ0v) is 17.7. The third kappa shape index (κ3) is 4.27. The van der Waals surface area contributed by atoms with Crippen molar-refractivity contribution in [3.63, 3.8) is 0 Å². The van der Waals surface area contributed by atoms with E-state index in [1.165, 1.54) is 0 Å².